The van der Waals surface area contributed by atoms with Crippen molar-refractivity contribution in [1.82, 2.24) is 9.88 Å². The molecule has 2 aromatic carbocycles. The molecule has 0 bridgehead atoms. The van der Waals surface area contributed by atoms with Crippen molar-refractivity contribution in [1.29, 1.82) is 0 Å². The minimum absolute atomic E-state index is 0.172. The Morgan fingerprint density at radius 2 is 2.09 bits per heavy atom. The fraction of sp³-hybridized carbons (Fsp3) is 0.483. The maximum Gasteiger partial charge on any atom is 0.126 e. The van der Waals surface area contributed by atoms with Gasteiger partial charge in [-0.2, -0.15) is 0 Å². The fourth-order valence-corrected chi connectivity index (χ4v) is 6.15. The van der Waals surface area contributed by atoms with Crippen LogP contribution in [0.4, 0.5) is 4.39 Å². The number of hydrogen-bond donors (Lipinski definition) is 1. The number of aliphatic hydroxyl groups is 1. The van der Waals surface area contributed by atoms with Crippen molar-refractivity contribution < 1.29 is 14.2 Å². The van der Waals surface area contributed by atoms with Crippen molar-refractivity contribution in [2.75, 3.05) is 39.1 Å². The van der Waals surface area contributed by atoms with Crippen molar-refractivity contribution in [2.45, 2.75) is 43.7 Å². The van der Waals surface area contributed by atoms with E-state index in [1.165, 1.54) is 10.5 Å². The number of thioether (sulfide) groups is 1. The van der Waals surface area contributed by atoms with Crippen LogP contribution in [0.3, 0.4) is 0 Å². The average Bonchev–Trinajstić information content (AvgIpc) is 2.89. The molecular weight excluding hydrogens is 459 g/mol. The molecule has 1 unspecified atom stereocenters. The van der Waals surface area contributed by atoms with E-state index in [0.717, 1.165) is 55.6 Å². The molecule has 0 saturated carbocycles. The summed E-state index contributed by atoms with van der Waals surface area (Å²) in [5, 5.41) is 10.9. The van der Waals surface area contributed by atoms with Gasteiger partial charge in [0.05, 0.1) is 12.6 Å². The number of alkyl halides is 1. The van der Waals surface area contributed by atoms with Gasteiger partial charge >= 0.3 is 0 Å². The maximum absolute atomic E-state index is 15.4. The highest BCUT2D eigenvalue weighted by Crippen LogP contribution is 2.35. The predicted octanol–water partition coefficient (Wildman–Crippen LogP) is 6.46. The highest BCUT2D eigenvalue weighted by Gasteiger charge is 2.29. The van der Waals surface area contributed by atoms with Gasteiger partial charge in [-0.05, 0) is 105 Å². The summed E-state index contributed by atoms with van der Waals surface area (Å²) in [5.41, 5.74) is 2.77. The number of aliphatic hydroxyl groups excluding tert-OH is 1. The van der Waals surface area contributed by atoms with Gasteiger partial charge in [0.15, 0.2) is 0 Å². The Labute approximate surface area is 212 Å². The molecule has 1 aliphatic heterocycles. The maximum atomic E-state index is 15.4. The number of halogens is 1. The highest BCUT2D eigenvalue weighted by molar-refractivity contribution is 7.99. The zero-order valence-corrected chi connectivity index (χ0v) is 21.6. The molecule has 6 heteroatoms. The lowest BCUT2D eigenvalue weighted by molar-refractivity contribution is 0.0640. The average molecular weight is 497 g/mol. The number of rotatable bonds is 11. The predicted molar refractivity (Wildman–Crippen MR) is 143 cm³/mol. The van der Waals surface area contributed by atoms with Crippen LogP contribution in [0.15, 0.2) is 59.6 Å². The summed E-state index contributed by atoms with van der Waals surface area (Å²) in [7, 11) is 1.62. The molecule has 3 atom stereocenters. The summed E-state index contributed by atoms with van der Waals surface area (Å²) in [4.78, 5) is 8.18. The Kier molecular flexibility index (Phi) is 9.41. The molecule has 1 N–H and O–H groups in total. The van der Waals surface area contributed by atoms with E-state index in [1.807, 2.05) is 30.0 Å². The van der Waals surface area contributed by atoms with E-state index < -0.39 is 6.17 Å². The zero-order chi connectivity index (χ0) is 24.6. The summed E-state index contributed by atoms with van der Waals surface area (Å²) in [6.45, 7) is 5.29. The molecule has 0 aliphatic carbocycles. The molecule has 2 heterocycles. The lowest BCUT2D eigenvalue weighted by Crippen LogP contribution is -2.42. The number of methoxy groups -OCH3 is 1. The molecule has 3 aromatic rings. The second-order valence-electron chi connectivity index (χ2n) is 9.64. The van der Waals surface area contributed by atoms with E-state index in [4.69, 9.17) is 4.74 Å². The van der Waals surface area contributed by atoms with Crippen molar-refractivity contribution in [2.24, 2.45) is 11.8 Å². The number of aryl methyl sites for hydroxylation is 1. The molecule has 1 saturated heterocycles. The summed E-state index contributed by atoms with van der Waals surface area (Å²) in [5.74, 6) is 2.39. The number of ether oxygens (including phenoxy) is 1. The monoisotopic (exact) mass is 496 g/mol. The van der Waals surface area contributed by atoms with Crippen LogP contribution in [0.5, 0.6) is 5.75 Å². The number of nitrogens with zero attached hydrogens (tertiary/aromatic N) is 2. The van der Waals surface area contributed by atoms with Gasteiger partial charge in [0.25, 0.3) is 0 Å². The Balaban J connectivity index is 1.26. The molecule has 4 nitrogen and oxygen atoms in total. The molecule has 1 fully saturated rings. The summed E-state index contributed by atoms with van der Waals surface area (Å²) >= 11 is 1.91. The van der Waals surface area contributed by atoms with Gasteiger partial charge in [-0.1, -0.05) is 17.7 Å². The molecule has 0 radical (unpaired) electrons. The Morgan fingerprint density at radius 1 is 1.20 bits per heavy atom. The topological polar surface area (TPSA) is 45.6 Å². The molecule has 1 aliphatic rings. The minimum atomic E-state index is -1.05. The quantitative estimate of drug-likeness (QED) is 0.244. The summed E-state index contributed by atoms with van der Waals surface area (Å²) < 4.78 is 20.7. The van der Waals surface area contributed by atoms with E-state index in [1.54, 1.807) is 19.4 Å². The molecule has 0 amide bonds. The number of benzene rings is 2. The molecule has 35 heavy (non-hydrogen) atoms. The lowest BCUT2D eigenvalue weighted by Gasteiger charge is -2.38. The number of aromatic nitrogens is 1. The summed E-state index contributed by atoms with van der Waals surface area (Å²) in [6, 6.07) is 16.0. The first kappa shape index (κ1) is 25.9. The zero-order valence-electron chi connectivity index (χ0n) is 20.8. The van der Waals surface area contributed by atoms with E-state index in [0.29, 0.717) is 23.7 Å². The summed E-state index contributed by atoms with van der Waals surface area (Å²) in [6.07, 6.45) is 4.04. The number of hydrogen-bond acceptors (Lipinski definition) is 5. The van der Waals surface area contributed by atoms with E-state index in [9.17, 15) is 5.11 Å². The Morgan fingerprint density at radius 3 is 2.89 bits per heavy atom. The normalized spacial score (nSPS) is 19.7. The SMILES string of the molecule is COc1ccc2nccc(C(F)CC[C@@H]3CCN(CCCSc4cccc(C)c4)C[C@@H]3CO)c2c1. The number of pyridine rings is 1. The standard InChI is InChI=1S/C29H37FN2O2S/c1-21-5-3-6-25(17-21)35-16-4-14-32-15-12-22(23(19-32)20-33)7-9-28(30)26-11-13-31-29-10-8-24(34-2)18-27(26)29/h3,5-6,8,10-11,13,17-18,22-23,28,33H,4,7,9,12,14-16,19-20H2,1-2H3/t22-,23-,28?/m1/s1. The minimum Gasteiger partial charge on any atom is -0.497 e. The molecule has 4 rings (SSSR count). The van der Waals surface area contributed by atoms with Crippen molar-refractivity contribution in [3.8, 4) is 5.75 Å². The van der Waals surface area contributed by atoms with E-state index in [-0.39, 0.29) is 12.5 Å². The Bertz CT molecular complexity index is 1100. The first-order chi connectivity index (χ1) is 17.1. The van der Waals surface area contributed by atoms with Crippen LogP contribution in [-0.4, -0.2) is 54.1 Å². The van der Waals surface area contributed by atoms with E-state index >= 15 is 4.39 Å². The van der Waals surface area contributed by atoms with Crippen LogP contribution in [0.25, 0.3) is 10.9 Å². The second-order valence-corrected chi connectivity index (χ2v) is 10.8. The van der Waals surface area contributed by atoms with Gasteiger partial charge in [0.1, 0.15) is 11.9 Å². The van der Waals surface area contributed by atoms with Crippen LogP contribution in [-0.2, 0) is 0 Å². The van der Waals surface area contributed by atoms with Crippen LogP contribution < -0.4 is 4.74 Å². The number of likely N-dealkylation sites (tertiary alicyclic amines) is 1. The van der Waals surface area contributed by atoms with Gasteiger partial charge in [-0.15, -0.1) is 11.8 Å². The molecule has 1 aromatic heterocycles. The van der Waals surface area contributed by atoms with E-state index in [2.05, 4.69) is 41.1 Å². The van der Waals surface area contributed by atoms with Crippen LogP contribution in [0.1, 0.15) is 43.0 Å². The number of piperidine rings is 1. The van der Waals surface area contributed by atoms with Crippen molar-refractivity contribution in [3.05, 3.63) is 65.9 Å². The third-order valence-corrected chi connectivity index (χ3v) is 8.28. The lowest BCUT2D eigenvalue weighted by atomic mass is 9.81. The van der Waals surface area contributed by atoms with Gasteiger partial charge in [0.2, 0.25) is 0 Å². The third-order valence-electron chi connectivity index (χ3n) is 7.20. The number of fused-ring (bicyclic) bond motifs is 1. The first-order valence-electron chi connectivity index (χ1n) is 12.7. The highest BCUT2D eigenvalue weighted by atomic mass is 32.2. The van der Waals surface area contributed by atoms with Gasteiger partial charge in [-0.3, -0.25) is 4.98 Å². The third kappa shape index (κ3) is 6.96. The van der Waals surface area contributed by atoms with Crippen LogP contribution in [0, 0.1) is 18.8 Å². The van der Waals surface area contributed by atoms with Crippen LogP contribution in [0.2, 0.25) is 0 Å². The van der Waals surface area contributed by atoms with Crippen molar-refractivity contribution in [3.63, 3.8) is 0 Å². The molecule has 188 valence electrons. The Hall–Kier alpha value is -2.15. The smallest absolute Gasteiger partial charge is 0.126 e. The van der Waals surface area contributed by atoms with Crippen LogP contribution >= 0.6 is 11.8 Å². The van der Waals surface area contributed by atoms with Gasteiger partial charge < -0.3 is 14.7 Å². The van der Waals surface area contributed by atoms with Gasteiger partial charge in [-0.25, -0.2) is 4.39 Å². The second kappa shape index (κ2) is 12.7. The fourth-order valence-electron chi connectivity index (χ4n) is 5.19. The van der Waals surface area contributed by atoms with Gasteiger partial charge in [0, 0.05) is 29.6 Å². The molecule has 0 spiro atoms. The largest absolute Gasteiger partial charge is 0.497 e. The first-order valence-corrected chi connectivity index (χ1v) is 13.7. The molecular formula is C29H37FN2O2S. The van der Waals surface area contributed by atoms with Crippen molar-refractivity contribution >= 4 is 22.7 Å².